The van der Waals surface area contributed by atoms with Crippen molar-refractivity contribution in [1.29, 1.82) is 0 Å². The molecule has 2 atom stereocenters. The van der Waals surface area contributed by atoms with Crippen LogP contribution in [0.15, 0.2) is 67.0 Å². The van der Waals surface area contributed by atoms with E-state index in [4.69, 9.17) is 9.47 Å². The molecule has 1 aliphatic heterocycles. The van der Waals surface area contributed by atoms with Crippen molar-refractivity contribution >= 4 is 12.1 Å². The second kappa shape index (κ2) is 8.19. The second-order valence-electron chi connectivity index (χ2n) is 5.49. The molecular formula is C19H21NO5. The van der Waals surface area contributed by atoms with Gasteiger partial charge in [0.2, 0.25) is 0 Å². The second-order valence-corrected chi connectivity index (χ2v) is 5.49. The van der Waals surface area contributed by atoms with Gasteiger partial charge >= 0.3 is 12.1 Å². The first-order chi connectivity index (χ1) is 12.0. The zero-order chi connectivity index (χ0) is 18.4. The average Bonchev–Trinajstić information content (AvgIpc) is 2.65. The number of hydrogen-bond donors (Lipinski definition) is 1. The number of carbonyl (C=O) groups excluding carboxylic acids is 2. The lowest BCUT2D eigenvalue weighted by molar-refractivity contribution is -0.137. The van der Waals surface area contributed by atoms with Gasteiger partial charge in [0.1, 0.15) is 17.9 Å². The zero-order valence-electron chi connectivity index (χ0n) is 14.1. The molecule has 1 amide bonds. The van der Waals surface area contributed by atoms with E-state index in [0.29, 0.717) is 0 Å². The molecule has 0 bridgehead atoms. The third kappa shape index (κ3) is 3.91. The number of benzene rings is 1. The molecule has 0 saturated heterocycles. The molecule has 6 heteroatoms. The Hall–Kier alpha value is -3.02. The molecule has 1 aliphatic rings. The predicted molar refractivity (Wildman–Crippen MR) is 92.7 cm³/mol. The highest BCUT2D eigenvalue weighted by atomic mass is 16.6. The number of carbonyl (C=O) groups is 2. The number of amides is 1. The van der Waals surface area contributed by atoms with Crippen LogP contribution in [0.1, 0.15) is 12.0 Å². The van der Waals surface area contributed by atoms with Gasteiger partial charge in [0.25, 0.3) is 0 Å². The molecule has 6 nitrogen and oxygen atoms in total. The fraction of sp³-hybridized carbons (Fsp3) is 0.263. The van der Waals surface area contributed by atoms with Gasteiger partial charge in [-0.05, 0) is 5.56 Å². The number of methoxy groups -OCH3 is 1. The molecule has 0 aromatic heterocycles. The van der Waals surface area contributed by atoms with Crippen LogP contribution >= 0.6 is 0 Å². The quantitative estimate of drug-likeness (QED) is 0.657. The van der Waals surface area contributed by atoms with Crippen LogP contribution in [0.2, 0.25) is 0 Å². The summed E-state index contributed by atoms with van der Waals surface area (Å²) < 4.78 is 10.1. The summed E-state index contributed by atoms with van der Waals surface area (Å²) in [4.78, 5) is 25.9. The monoisotopic (exact) mass is 343 g/mol. The van der Waals surface area contributed by atoms with Crippen LogP contribution in [0.4, 0.5) is 4.79 Å². The van der Waals surface area contributed by atoms with E-state index in [0.717, 1.165) is 5.56 Å². The SMILES string of the molecule is C=C[C@@H]1CC(O)=C(C(=O)OC)[C@H](C=C)N1C(=O)OCc1ccccc1. The maximum absolute atomic E-state index is 12.6. The van der Waals surface area contributed by atoms with E-state index in [-0.39, 0.29) is 24.4 Å². The van der Waals surface area contributed by atoms with Crippen molar-refractivity contribution in [2.24, 2.45) is 0 Å². The van der Waals surface area contributed by atoms with Crippen molar-refractivity contribution in [1.82, 2.24) is 4.90 Å². The van der Waals surface area contributed by atoms with Gasteiger partial charge < -0.3 is 14.6 Å². The van der Waals surface area contributed by atoms with Gasteiger partial charge in [0.05, 0.1) is 19.2 Å². The largest absolute Gasteiger partial charge is 0.512 e. The van der Waals surface area contributed by atoms with Crippen LogP contribution in [-0.2, 0) is 20.9 Å². The molecular weight excluding hydrogens is 322 g/mol. The average molecular weight is 343 g/mol. The summed E-state index contributed by atoms with van der Waals surface area (Å²) in [5, 5.41) is 10.2. The summed E-state index contributed by atoms with van der Waals surface area (Å²) in [5.74, 6) is -0.862. The molecule has 132 valence electrons. The Kier molecular flexibility index (Phi) is 6.00. The molecule has 0 fully saturated rings. The first-order valence-electron chi connectivity index (χ1n) is 7.77. The first-order valence-corrected chi connectivity index (χ1v) is 7.77. The van der Waals surface area contributed by atoms with E-state index in [9.17, 15) is 14.7 Å². The van der Waals surface area contributed by atoms with Crippen LogP contribution in [-0.4, -0.2) is 41.3 Å². The molecule has 25 heavy (non-hydrogen) atoms. The highest BCUT2D eigenvalue weighted by Crippen LogP contribution is 2.30. The topological polar surface area (TPSA) is 76.1 Å². The van der Waals surface area contributed by atoms with E-state index in [1.807, 2.05) is 30.3 Å². The molecule has 1 N–H and O–H groups in total. The standard InChI is InChI=1S/C19H21NO5/c1-4-14-11-16(21)17(18(22)24-3)15(5-2)20(14)19(23)25-12-13-9-7-6-8-10-13/h4-10,14-15,21H,1-2,11-12H2,3H3/t14-,15+/m1/s1. The van der Waals surface area contributed by atoms with Crippen molar-refractivity contribution in [2.75, 3.05) is 7.11 Å². The Morgan fingerprint density at radius 2 is 1.96 bits per heavy atom. The van der Waals surface area contributed by atoms with Crippen molar-refractivity contribution < 1.29 is 24.2 Å². The van der Waals surface area contributed by atoms with Crippen molar-refractivity contribution in [2.45, 2.75) is 25.1 Å². The molecule has 2 rings (SSSR count). The Morgan fingerprint density at radius 3 is 2.52 bits per heavy atom. The van der Waals surface area contributed by atoms with E-state index < -0.39 is 24.1 Å². The molecule has 0 aliphatic carbocycles. The van der Waals surface area contributed by atoms with Crippen molar-refractivity contribution in [3.05, 3.63) is 72.5 Å². The van der Waals surface area contributed by atoms with E-state index in [1.165, 1.54) is 24.2 Å². The first kappa shape index (κ1) is 18.3. The summed E-state index contributed by atoms with van der Waals surface area (Å²) >= 11 is 0. The Bertz CT molecular complexity index is 695. The van der Waals surface area contributed by atoms with Crippen molar-refractivity contribution in [3.63, 3.8) is 0 Å². The highest BCUT2D eigenvalue weighted by Gasteiger charge is 2.40. The number of ether oxygens (including phenoxy) is 2. The molecule has 0 unspecified atom stereocenters. The van der Waals surface area contributed by atoms with Crippen LogP contribution in [0, 0.1) is 0 Å². The fourth-order valence-electron chi connectivity index (χ4n) is 2.74. The van der Waals surface area contributed by atoms with E-state index >= 15 is 0 Å². The minimum atomic E-state index is -0.868. The summed E-state index contributed by atoms with van der Waals surface area (Å²) in [6.07, 6.45) is 2.33. The zero-order valence-corrected chi connectivity index (χ0v) is 14.1. The normalized spacial score (nSPS) is 20.0. The molecule has 0 saturated carbocycles. The summed E-state index contributed by atoms with van der Waals surface area (Å²) in [6.45, 7) is 7.45. The fourth-order valence-corrected chi connectivity index (χ4v) is 2.74. The van der Waals surface area contributed by atoms with Crippen LogP contribution in [0.3, 0.4) is 0 Å². The third-order valence-electron chi connectivity index (χ3n) is 3.98. The molecule has 1 aromatic carbocycles. The lowest BCUT2D eigenvalue weighted by atomic mass is 9.93. The lowest BCUT2D eigenvalue weighted by Gasteiger charge is -2.38. The van der Waals surface area contributed by atoms with E-state index in [1.54, 1.807) is 0 Å². The van der Waals surface area contributed by atoms with Gasteiger partial charge in [-0.1, -0.05) is 42.5 Å². The van der Waals surface area contributed by atoms with Gasteiger partial charge in [-0.2, -0.15) is 0 Å². The maximum Gasteiger partial charge on any atom is 0.411 e. The molecule has 0 radical (unpaired) electrons. The molecule has 0 spiro atoms. The Labute approximate surface area is 146 Å². The summed E-state index contributed by atoms with van der Waals surface area (Å²) in [5.41, 5.74) is 0.817. The predicted octanol–water partition coefficient (Wildman–Crippen LogP) is 3.12. The van der Waals surface area contributed by atoms with Crippen LogP contribution < -0.4 is 0 Å². The van der Waals surface area contributed by atoms with Crippen LogP contribution in [0.5, 0.6) is 0 Å². The summed E-state index contributed by atoms with van der Waals surface area (Å²) in [6, 6.07) is 7.84. The van der Waals surface area contributed by atoms with Crippen LogP contribution in [0.25, 0.3) is 0 Å². The van der Waals surface area contributed by atoms with Gasteiger partial charge in [-0.15, -0.1) is 13.2 Å². The number of aliphatic hydroxyl groups excluding tert-OH is 1. The van der Waals surface area contributed by atoms with Gasteiger partial charge in [0, 0.05) is 6.42 Å². The minimum Gasteiger partial charge on any atom is -0.512 e. The minimum absolute atomic E-state index is 0.0211. The number of hydrogen-bond acceptors (Lipinski definition) is 5. The highest BCUT2D eigenvalue weighted by molar-refractivity contribution is 5.92. The van der Waals surface area contributed by atoms with Gasteiger partial charge in [-0.3, -0.25) is 4.90 Å². The number of rotatable bonds is 5. The third-order valence-corrected chi connectivity index (χ3v) is 3.98. The van der Waals surface area contributed by atoms with Crippen molar-refractivity contribution in [3.8, 4) is 0 Å². The Balaban J connectivity index is 2.26. The number of esters is 1. The Morgan fingerprint density at radius 1 is 1.28 bits per heavy atom. The number of nitrogens with zero attached hydrogens (tertiary/aromatic N) is 1. The maximum atomic E-state index is 12.6. The summed E-state index contributed by atoms with van der Waals surface area (Å²) in [7, 11) is 1.21. The number of aliphatic hydroxyl groups is 1. The smallest absolute Gasteiger partial charge is 0.411 e. The molecule has 1 heterocycles. The van der Waals surface area contributed by atoms with Gasteiger partial charge in [0.15, 0.2) is 0 Å². The van der Waals surface area contributed by atoms with E-state index in [2.05, 4.69) is 13.2 Å². The molecule has 1 aromatic rings. The van der Waals surface area contributed by atoms with Gasteiger partial charge in [-0.25, -0.2) is 9.59 Å². The lowest BCUT2D eigenvalue weighted by Crippen LogP contribution is -2.51.